The molecule has 3 nitrogen and oxygen atoms in total. The molecule has 2 N–H and O–H groups in total. The van der Waals surface area contributed by atoms with Gasteiger partial charge in [-0.25, -0.2) is 4.79 Å². The SMILES string of the molecule is CCCCCCCCCCCCCCCCCCCC/C=C/CC(O)C(=O)O. The number of allylic oxidation sites excluding steroid dienone is 1. The highest BCUT2D eigenvalue weighted by Gasteiger charge is 2.09. The van der Waals surface area contributed by atoms with Crippen molar-refractivity contribution in [3.63, 3.8) is 0 Å². The molecule has 1 atom stereocenters. The fourth-order valence-corrected chi connectivity index (χ4v) is 3.61. The third-order valence-electron chi connectivity index (χ3n) is 5.54. The third-order valence-corrected chi connectivity index (χ3v) is 5.54. The van der Waals surface area contributed by atoms with Crippen LogP contribution in [0.1, 0.15) is 135 Å². The Balaban J connectivity index is 3.10. The van der Waals surface area contributed by atoms with E-state index >= 15 is 0 Å². The van der Waals surface area contributed by atoms with Gasteiger partial charge in [0.15, 0.2) is 6.10 Å². The zero-order chi connectivity index (χ0) is 20.7. The lowest BCUT2D eigenvalue weighted by atomic mass is 10.0. The molecular formula is C25H48O3. The number of aliphatic hydroxyl groups excluding tert-OH is 1. The van der Waals surface area contributed by atoms with E-state index in [2.05, 4.69) is 6.92 Å². The van der Waals surface area contributed by atoms with Gasteiger partial charge < -0.3 is 10.2 Å². The molecule has 28 heavy (non-hydrogen) atoms. The van der Waals surface area contributed by atoms with Gasteiger partial charge in [0.25, 0.3) is 0 Å². The maximum absolute atomic E-state index is 10.5. The van der Waals surface area contributed by atoms with Crippen molar-refractivity contribution < 1.29 is 15.0 Å². The Morgan fingerprint density at radius 2 is 1.00 bits per heavy atom. The number of aliphatic hydroxyl groups is 1. The van der Waals surface area contributed by atoms with Crippen LogP contribution in [0.25, 0.3) is 0 Å². The van der Waals surface area contributed by atoms with E-state index in [4.69, 9.17) is 10.2 Å². The molecule has 1 unspecified atom stereocenters. The molecule has 0 amide bonds. The number of carboxylic acid groups (broad SMARTS) is 1. The van der Waals surface area contributed by atoms with Crippen molar-refractivity contribution in [1.82, 2.24) is 0 Å². The van der Waals surface area contributed by atoms with E-state index in [-0.39, 0.29) is 6.42 Å². The highest BCUT2D eigenvalue weighted by Crippen LogP contribution is 2.14. The lowest BCUT2D eigenvalue weighted by Crippen LogP contribution is -2.17. The maximum Gasteiger partial charge on any atom is 0.332 e. The quantitative estimate of drug-likeness (QED) is 0.145. The van der Waals surface area contributed by atoms with E-state index in [1.54, 1.807) is 6.08 Å². The number of rotatable bonds is 22. The zero-order valence-electron chi connectivity index (χ0n) is 18.7. The first kappa shape index (κ1) is 27.2. The lowest BCUT2D eigenvalue weighted by molar-refractivity contribution is -0.146. The second kappa shape index (κ2) is 22.5. The van der Waals surface area contributed by atoms with E-state index in [1.165, 1.54) is 109 Å². The first-order chi connectivity index (χ1) is 13.7. The Labute approximate surface area is 175 Å². The minimum Gasteiger partial charge on any atom is -0.479 e. The average molecular weight is 397 g/mol. The molecular weight excluding hydrogens is 348 g/mol. The molecule has 0 fully saturated rings. The number of hydrogen-bond acceptors (Lipinski definition) is 2. The zero-order valence-corrected chi connectivity index (χ0v) is 18.7. The van der Waals surface area contributed by atoms with Crippen LogP contribution >= 0.6 is 0 Å². The summed E-state index contributed by atoms with van der Waals surface area (Å²) < 4.78 is 0. The standard InChI is InChI=1S/C25H48O3/c1-2-3-4-5-6-7-8-9-10-11-12-13-14-15-16-17-18-19-20-21-22-23-24(26)25(27)28/h21-22,24,26H,2-20,23H2,1H3,(H,27,28)/b22-21+. The van der Waals surface area contributed by atoms with Gasteiger partial charge in [-0.2, -0.15) is 0 Å². The van der Waals surface area contributed by atoms with Crippen LogP contribution in [0.3, 0.4) is 0 Å². The second-order valence-electron chi connectivity index (χ2n) is 8.36. The number of carbonyl (C=O) groups is 1. The number of unbranched alkanes of at least 4 members (excludes halogenated alkanes) is 18. The fourth-order valence-electron chi connectivity index (χ4n) is 3.61. The topological polar surface area (TPSA) is 57.5 Å². The van der Waals surface area contributed by atoms with Crippen molar-refractivity contribution in [3.05, 3.63) is 12.2 Å². The van der Waals surface area contributed by atoms with Gasteiger partial charge in [-0.15, -0.1) is 0 Å². The van der Waals surface area contributed by atoms with Gasteiger partial charge in [-0.1, -0.05) is 128 Å². The van der Waals surface area contributed by atoms with Gasteiger partial charge in [-0.05, 0) is 12.8 Å². The van der Waals surface area contributed by atoms with Crippen LogP contribution in [0.2, 0.25) is 0 Å². The minimum absolute atomic E-state index is 0.217. The Hall–Kier alpha value is -0.830. The van der Waals surface area contributed by atoms with Crippen LogP contribution in [-0.4, -0.2) is 22.3 Å². The highest BCUT2D eigenvalue weighted by molar-refractivity contribution is 5.72. The molecule has 0 rings (SSSR count). The first-order valence-corrected chi connectivity index (χ1v) is 12.2. The molecule has 0 aromatic rings. The summed E-state index contributed by atoms with van der Waals surface area (Å²) >= 11 is 0. The summed E-state index contributed by atoms with van der Waals surface area (Å²) in [6.45, 7) is 2.28. The van der Waals surface area contributed by atoms with Gasteiger partial charge >= 0.3 is 5.97 Å². The molecule has 0 aliphatic heterocycles. The number of hydrogen-bond donors (Lipinski definition) is 2. The molecule has 0 saturated carbocycles. The summed E-state index contributed by atoms with van der Waals surface area (Å²) in [5.74, 6) is -1.14. The Morgan fingerprint density at radius 1 is 0.643 bits per heavy atom. The van der Waals surface area contributed by atoms with Crippen molar-refractivity contribution in [2.75, 3.05) is 0 Å². The molecule has 0 aliphatic carbocycles. The molecule has 3 heteroatoms. The van der Waals surface area contributed by atoms with E-state index in [1.807, 2.05) is 6.08 Å². The molecule has 0 saturated heterocycles. The predicted molar refractivity (Wildman–Crippen MR) is 121 cm³/mol. The van der Waals surface area contributed by atoms with Crippen LogP contribution in [0.15, 0.2) is 12.2 Å². The summed E-state index contributed by atoms with van der Waals surface area (Å²) in [5, 5.41) is 17.7. The molecule has 0 aromatic heterocycles. The fraction of sp³-hybridized carbons (Fsp3) is 0.880. The largest absolute Gasteiger partial charge is 0.479 e. The summed E-state index contributed by atoms with van der Waals surface area (Å²) in [7, 11) is 0. The highest BCUT2D eigenvalue weighted by atomic mass is 16.4. The molecule has 166 valence electrons. The molecule has 0 radical (unpaired) electrons. The Morgan fingerprint density at radius 3 is 1.36 bits per heavy atom. The van der Waals surface area contributed by atoms with Gasteiger partial charge in [0.2, 0.25) is 0 Å². The molecule has 0 heterocycles. The van der Waals surface area contributed by atoms with Gasteiger partial charge in [0.05, 0.1) is 0 Å². The van der Waals surface area contributed by atoms with Crippen molar-refractivity contribution >= 4 is 5.97 Å². The summed E-state index contributed by atoms with van der Waals surface area (Å²) in [4.78, 5) is 10.5. The van der Waals surface area contributed by atoms with E-state index in [9.17, 15) is 4.79 Å². The normalized spacial score (nSPS) is 12.6. The number of carboxylic acids is 1. The van der Waals surface area contributed by atoms with Crippen molar-refractivity contribution in [1.29, 1.82) is 0 Å². The Bertz CT molecular complexity index is 352. The first-order valence-electron chi connectivity index (χ1n) is 12.2. The van der Waals surface area contributed by atoms with E-state index < -0.39 is 12.1 Å². The van der Waals surface area contributed by atoms with E-state index in [0.29, 0.717) is 0 Å². The van der Waals surface area contributed by atoms with Crippen molar-refractivity contribution in [3.8, 4) is 0 Å². The lowest BCUT2D eigenvalue weighted by Gasteiger charge is -2.03. The van der Waals surface area contributed by atoms with Crippen LogP contribution in [-0.2, 0) is 4.79 Å². The van der Waals surface area contributed by atoms with Crippen LogP contribution < -0.4 is 0 Å². The maximum atomic E-state index is 10.5. The molecule has 0 aliphatic rings. The Kier molecular flexibility index (Phi) is 21.8. The van der Waals surface area contributed by atoms with Crippen LogP contribution in [0.5, 0.6) is 0 Å². The minimum atomic E-state index is -1.25. The third kappa shape index (κ3) is 21.5. The van der Waals surface area contributed by atoms with Crippen molar-refractivity contribution in [2.45, 2.75) is 141 Å². The van der Waals surface area contributed by atoms with Gasteiger partial charge in [0.1, 0.15) is 0 Å². The van der Waals surface area contributed by atoms with Gasteiger partial charge in [0, 0.05) is 6.42 Å². The summed E-state index contributed by atoms with van der Waals surface area (Å²) in [5.41, 5.74) is 0. The summed E-state index contributed by atoms with van der Waals surface area (Å²) in [6, 6.07) is 0. The molecule has 0 aromatic carbocycles. The number of aliphatic carboxylic acids is 1. The predicted octanol–water partition coefficient (Wildman–Crippen LogP) is 7.81. The summed E-state index contributed by atoms with van der Waals surface area (Å²) in [6.07, 6.45) is 28.7. The van der Waals surface area contributed by atoms with E-state index in [0.717, 1.165) is 12.8 Å². The second-order valence-corrected chi connectivity index (χ2v) is 8.36. The average Bonchev–Trinajstić information content (AvgIpc) is 2.68. The smallest absolute Gasteiger partial charge is 0.332 e. The molecule has 0 bridgehead atoms. The van der Waals surface area contributed by atoms with Crippen molar-refractivity contribution in [2.24, 2.45) is 0 Å². The van der Waals surface area contributed by atoms with Crippen LogP contribution in [0.4, 0.5) is 0 Å². The van der Waals surface area contributed by atoms with Crippen LogP contribution in [0, 0.1) is 0 Å². The van der Waals surface area contributed by atoms with Gasteiger partial charge in [-0.3, -0.25) is 0 Å². The molecule has 0 spiro atoms. The monoisotopic (exact) mass is 396 g/mol.